The summed E-state index contributed by atoms with van der Waals surface area (Å²) in [6, 6.07) is 9.37. The van der Waals surface area contributed by atoms with Gasteiger partial charge in [0.15, 0.2) is 0 Å². The zero-order valence-corrected chi connectivity index (χ0v) is 15.2. The van der Waals surface area contributed by atoms with Crippen LogP contribution in [0.4, 0.5) is 18.9 Å². The van der Waals surface area contributed by atoms with Crippen LogP contribution < -0.4 is 5.32 Å². The first-order chi connectivity index (χ1) is 12.7. The van der Waals surface area contributed by atoms with Gasteiger partial charge in [-0.2, -0.15) is 13.2 Å². The molecule has 0 saturated carbocycles. The van der Waals surface area contributed by atoms with E-state index in [-0.39, 0.29) is 38.3 Å². The van der Waals surface area contributed by atoms with E-state index in [0.717, 1.165) is 12.1 Å². The molecule has 0 saturated heterocycles. The van der Waals surface area contributed by atoms with Gasteiger partial charge in [-0.1, -0.05) is 46.6 Å². The second kappa shape index (κ2) is 7.25. The van der Waals surface area contributed by atoms with Crippen molar-refractivity contribution < 1.29 is 22.5 Å². The maximum absolute atomic E-state index is 13.2. The summed E-state index contributed by atoms with van der Waals surface area (Å²) >= 11 is 12.3. The van der Waals surface area contributed by atoms with Crippen molar-refractivity contribution in [3.63, 3.8) is 0 Å². The first-order valence-electron chi connectivity index (χ1n) is 7.58. The number of alkyl halides is 3. The van der Waals surface area contributed by atoms with Crippen LogP contribution in [0, 0.1) is 6.92 Å². The fourth-order valence-corrected chi connectivity index (χ4v) is 3.13. The van der Waals surface area contributed by atoms with Gasteiger partial charge in [-0.3, -0.25) is 4.79 Å². The van der Waals surface area contributed by atoms with Crippen molar-refractivity contribution in [1.82, 2.24) is 5.16 Å². The van der Waals surface area contributed by atoms with E-state index >= 15 is 0 Å². The predicted octanol–water partition coefficient (Wildman–Crippen LogP) is 6.23. The molecule has 1 aromatic heterocycles. The molecule has 1 N–H and O–H groups in total. The molecule has 0 aliphatic carbocycles. The molecule has 27 heavy (non-hydrogen) atoms. The third-order valence-corrected chi connectivity index (χ3v) is 4.40. The number of hydrogen-bond acceptors (Lipinski definition) is 3. The molecule has 0 bridgehead atoms. The quantitative estimate of drug-likeness (QED) is 0.552. The number of para-hydroxylation sites is 1. The molecule has 2 aromatic carbocycles. The molecule has 1 heterocycles. The number of nitrogens with one attached hydrogen (secondary N) is 1. The summed E-state index contributed by atoms with van der Waals surface area (Å²) in [5.41, 5.74) is -1.10. The molecule has 4 nitrogen and oxygen atoms in total. The molecule has 0 atom stereocenters. The van der Waals surface area contributed by atoms with Gasteiger partial charge < -0.3 is 9.84 Å². The van der Waals surface area contributed by atoms with Crippen molar-refractivity contribution in [2.45, 2.75) is 13.1 Å². The normalized spacial score (nSPS) is 11.5. The summed E-state index contributed by atoms with van der Waals surface area (Å²) in [5, 5.41) is 6.52. The molecule has 0 aliphatic heterocycles. The number of carbonyl (C=O) groups excluding carboxylic acids is 1. The largest absolute Gasteiger partial charge is 0.418 e. The van der Waals surface area contributed by atoms with Crippen LogP contribution in [0.15, 0.2) is 47.0 Å². The maximum Gasteiger partial charge on any atom is 0.418 e. The van der Waals surface area contributed by atoms with Crippen LogP contribution in [0.2, 0.25) is 10.0 Å². The Morgan fingerprint density at radius 2 is 1.70 bits per heavy atom. The van der Waals surface area contributed by atoms with Crippen molar-refractivity contribution in [3.05, 3.63) is 69.4 Å². The zero-order valence-electron chi connectivity index (χ0n) is 13.7. The van der Waals surface area contributed by atoms with Crippen LogP contribution in [0.5, 0.6) is 0 Å². The van der Waals surface area contributed by atoms with E-state index in [2.05, 4.69) is 10.5 Å². The summed E-state index contributed by atoms with van der Waals surface area (Å²) in [5.74, 6) is -0.709. The summed E-state index contributed by atoms with van der Waals surface area (Å²) < 4.78 is 44.5. The Kier molecular flexibility index (Phi) is 5.17. The van der Waals surface area contributed by atoms with E-state index < -0.39 is 17.6 Å². The lowest BCUT2D eigenvalue weighted by atomic mass is 10.0. The van der Waals surface area contributed by atoms with Gasteiger partial charge >= 0.3 is 6.18 Å². The summed E-state index contributed by atoms with van der Waals surface area (Å²) in [4.78, 5) is 12.7. The highest BCUT2D eigenvalue weighted by molar-refractivity contribution is 6.39. The smallest absolute Gasteiger partial charge is 0.360 e. The van der Waals surface area contributed by atoms with Gasteiger partial charge in [0.1, 0.15) is 17.0 Å². The topological polar surface area (TPSA) is 55.1 Å². The lowest BCUT2D eigenvalue weighted by Gasteiger charge is -2.13. The minimum atomic E-state index is -4.62. The van der Waals surface area contributed by atoms with Gasteiger partial charge in [-0.25, -0.2) is 0 Å². The maximum atomic E-state index is 13.2. The van der Waals surface area contributed by atoms with E-state index in [1.54, 1.807) is 18.2 Å². The summed E-state index contributed by atoms with van der Waals surface area (Å²) in [6.45, 7) is 1.46. The molecule has 9 heteroatoms. The molecule has 140 valence electrons. The standard InChI is InChI=1S/C18H11Cl2F3N2O2/c1-9-14(16(25-27-9)15-11(19)6-4-7-12(15)20)17(26)24-13-8-3-2-5-10(13)18(21,22)23/h2-8H,1H3,(H,24,26). The van der Waals surface area contributed by atoms with Gasteiger partial charge in [-0.05, 0) is 31.2 Å². The Bertz CT molecular complexity index is 996. The highest BCUT2D eigenvalue weighted by Gasteiger charge is 2.34. The monoisotopic (exact) mass is 414 g/mol. The van der Waals surface area contributed by atoms with Crippen LogP contribution in [0.1, 0.15) is 21.7 Å². The zero-order chi connectivity index (χ0) is 19.8. The number of aromatic nitrogens is 1. The van der Waals surface area contributed by atoms with Crippen molar-refractivity contribution in [2.24, 2.45) is 0 Å². The Morgan fingerprint density at radius 1 is 1.07 bits per heavy atom. The number of nitrogens with zero attached hydrogens (tertiary/aromatic N) is 1. The molecule has 0 unspecified atom stereocenters. The third-order valence-electron chi connectivity index (χ3n) is 3.77. The number of anilines is 1. The second-order valence-electron chi connectivity index (χ2n) is 5.56. The number of benzene rings is 2. The van der Waals surface area contributed by atoms with E-state index in [1.165, 1.54) is 19.1 Å². The number of carbonyl (C=O) groups is 1. The SMILES string of the molecule is Cc1onc(-c2c(Cl)cccc2Cl)c1C(=O)Nc1ccccc1C(F)(F)F. The van der Waals surface area contributed by atoms with E-state index in [9.17, 15) is 18.0 Å². The summed E-state index contributed by atoms with van der Waals surface area (Å²) in [7, 11) is 0. The number of amides is 1. The van der Waals surface area contributed by atoms with E-state index in [1.807, 2.05) is 0 Å². The molecule has 3 aromatic rings. The number of rotatable bonds is 3. The van der Waals surface area contributed by atoms with Crippen LogP contribution in [-0.2, 0) is 6.18 Å². The highest BCUT2D eigenvalue weighted by Crippen LogP contribution is 2.38. The Hall–Kier alpha value is -2.51. The first kappa shape index (κ1) is 19.3. The average Bonchev–Trinajstić information content (AvgIpc) is 2.95. The lowest BCUT2D eigenvalue weighted by Crippen LogP contribution is -2.17. The lowest BCUT2D eigenvalue weighted by molar-refractivity contribution is -0.136. The Morgan fingerprint density at radius 3 is 2.33 bits per heavy atom. The Balaban J connectivity index is 2.05. The first-order valence-corrected chi connectivity index (χ1v) is 8.34. The molecular weight excluding hydrogens is 404 g/mol. The third kappa shape index (κ3) is 3.79. The molecular formula is C18H11Cl2F3N2O2. The van der Waals surface area contributed by atoms with Gasteiger partial charge in [0, 0.05) is 5.56 Å². The molecule has 3 rings (SSSR count). The Labute approximate surface area is 161 Å². The van der Waals surface area contributed by atoms with Crippen molar-refractivity contribution >= 4 is 34.8 Å². The molecule has 1 amide bonds. The number of aryl methyl sites for hydroxylation is 1. The van der Waals surface area contributed by atoms with Crippen LogP contribution in [0.3, 0.4) is 0 Å². The summed E-state index contributed by atoms with van der Waals surface area (Å²) in [6.07, 6.45) is -4.62. The minimum absolute atomic E-state index is 0.0464. The number of halogens is 5. The van der Waals surface area contributed by atoms with Gasteiger partial charge in [0.25, 0.3) is 5.91 Å². The van der Waals surface area contributed by atoms with Crippen LogP contribution in [0.25, 0.3) is 11.3 Å². The van der Waals surface area contributed by atoms with Crippen LogP contribution >= 0.6 is 23.2 Å². The van der Waals surface area contributed by atoms with Gasteiger partial charge in [0.05, 0.1) is 21.3 Å². The van der Waals surface area contributed by atoms with Crippen molar-refractivity contribution in [2.75, 3.05) is 5.32 Å². The minimum Gasteiger partial charge on any atom is -0.360 e. The molecule has 0 aliphatic rings. The van der Waals surface area contributed by atoms with Gasteiger partial charge in [0.2, 0.25) is 0 Å². The van der Waals surface area contributed by atoms with E-state index in [0.29, 0.717) is 0 Å². The number of hydrogen-bond donors (Lipinski definition) is 1. The van der Waals surface area contributed by atoms with E-state index in [4.69, 9.17) is 27.7 Å². The molecule has 0 spiro atoms. The average molecular weight is 415 g/mol. The van der Waals surface area contributed by atoms with Crippen molar-refractivity contribution in [3.8, 4) is 11.3 Å². The van der Waals surface area contributed by atoms with Crippen LogP contribution in [-0.4, -0.2) is 11.1 Å². The van der Waals surface area contributed by atoms with Crippen molar-refractivity contribution in [1.29, 1.82) is 0 Å². The molecule has 0 radical (unpaired) electrons. The molecule has 0 fully saturated rings. The fraction of sp³-hybridized carbons (Fsp3) is 0.111. The second-order valence-corrected chi connectivity index (χ2v) is 6.37. The predicted molar refractivity (Wildman–Crippen MR) is 96.1 cm³/mol. The highest BCUT2D eigenvalue weighted by atomic mass is 35.5. The fourth-order valence-electron chi connectivity index (χ4n) is 2.56. The van der Waals surface area contributed by atoms with Gasteiger partial charge in [-0.15, -0.1) is 0 Å².